The summed E-state index contributed by atoms with van der Waals surface area (Å²) in [6.45, 7) is 1.72. The molecule has 0 unspecified atom stereocenters. The van der Waals surface area contributed by atoms with Gasteiger partial charge in [0.1, 0.15) is 19.0 Å². The Balaban J connectivity index is 1.71. The number of hydrogen-bond donors (Lipinski definition) is 1. The zero-order valence-corrected chi connectivity index (χ0v) is 14.9. The van der Waals surface area contributed by atoms with Crippen LogP contribution in [-0.4, -0.2) is 32.8 Å². The van der Waals surface area contributed by atoms with Gasteiger partial charge in [-0.1, -0.05) is 41.9 Å². The molecule has 25 heavy (non-hydrogen) atoms. The van der Waals surface area contributed by atoms with E-state index in [-0.39, 0.29) is 12.5 Å². The van der Waals surface area contributed by atoms with E-state index < -0.39 is 0 Å². The lowest BCUT2D eigenvalue weighted by Gasteiger charge is -2.09. The van der Waals surface area contributed by atoms with Gasteiger partial charge in [-0.05, 0) is 29.3 Å². The van der Waals surface area contributed by atoms with Crippen molar-refractivity contribution in [1.29, 1.82) is 0 Å². The summed E-state index contributed by atoms with van der Waals surface area (Å²) < 4.78 is 15.9. The number of carbonyl (C=O) groups excluding carboxylic acids is 1. The Labute approximate surface area is 152 Å². The zero-order valence-electron chi connectivity index (χ0n) is 14.2. The molecular weight excluding hydrogens is 342 g/mol. The lowest BCUT2D eigenvalue weighted by molar-refractivity contribution is -0.126. The second-order valence-electron chi connectivity index (χ2n) is 5.35. The Morgan fingerprint density at radius 1 is 1.12 bits per heavy atom. The first kappa shape index (κ1) is 19.2. The molecule has 2 rings (SSSR count). The van der Waals surface area contributed by atoms with Crippen LogP contribution in [0.5, 0.6) is 5.75 Å². The number of halogens is 1. The van der Waals surface area contributed by atoms with Crippen molar-refractivity contribution in [3.05, 3.63) is 64.7 Å². The van der Waals surface area contributed by atoms with Gasteiger partial charge in [0.2, 0.25) is 5.91 Å². The van der Waals surface area contributed by atoms with E-state index in [0.29, 0.717) is 31.4 Å². The van der Waals surface area contributed by atoms with Gasteiger partial charge in [0, 0.05) is 18.7 Å². The summed E-state index contributed by atoms with van der Waals surface area (Å²) in [5.74, 6) is 0.566. The summed E-state index contributed by atoms with van der Waals surface area (Å²) in [6.07, 6.45) is 0. The van der Waals surface area contributed by atoms with Crippen LogP contribution < -0.4 is 10.1 Å². The van der Waals surface area contributed by atoms with Gasteiger partial charge in [0.25, 0.3) is 0 Å². The fourth-order valence-corrected chi connectivity index (χ4v) is 2.30. The highest BCUT2D eigenvalue weighted by Crippen LogP contribution is 2.15. The first-order valence-corrected chi connectivity index (χ1v) is 8.35. The van der Waals surface area contributed by atoms with Gasteiger partial charge < -0.3 is 19.5 Å². The first-order chi connectivity index (χ1) is 12.2. The van der Waals surface area contributed by atoms with Crippen molar-refractivity contribution in [1.82, 2.24) is 5.32 Å². The Hall–Kier alpha value is -2.08. The molecule has 6 heteroatoms. The van der Waals surface area contributed by atoms with Crippen molar-refractivity contribution in [2.24, 2.45) is 0 Å². The highest BCUT2D eigenvalue weighted by Gasteiger charge is 2.04. The summed E-state index contributed by atoms with van der Waals surface area (Å²) >= 11 is 6.04. The zero-order chi connectivity index (χ0) is 17.9. The molecule has 0 fully saturated rings. The fourth-order valence-electron chi connectivity index (χ4n) is 2.11. The number of amides is 1. The lowest BCUT2D eigenvalue weighted by Crippen LogP contribution is -2.27. The van der Waals surface area contributed by atoms with Gasteiger partial charge >= 0.3 is 0 Å². The highest BCUT2D eigenvalue weighted by atomic mass is 35.5. The molecule has 2 aromatic carbocycles. The maximum atomic E-state index is 11.9. The molecule has 0 radical (unpaired) electrons. The van der Waals surface area contributed by atoms with E-state index in [0.717, 1.165) is 16.9 Å². The largest absolute Gasteiger partial charge is 0.491 e. The van der Waals surface area contributed by atoms with E-state index >= 15 is 0 Å². The van der Waals surface area contributed by atoms with Crippen LogP contribution in [0, 0.1) is 0 Å². The van der Waals surface area contributed by atoms with E-state index in [4.69, 9.17) is 25.8 Å². The quantitative estimate of drug-likeness (QED) is 0.659. The predicted molar refractivity (Wildman–Crippen MR) is 96.8 cm³/mol. The van der Waals surface area contributed by atoms with E-state index in [1.165, 1.54) is 0 Å². The number of rotatable bonds is 10. The third-order valence-corrected chi connectivity index (χ3v) is 3.76. The summed E-state index contributed by atoms with van der Waals surface area (Å²) in [7, 11) is 1.63. The predicted octanol–water partition coefficient (Wildman–Crippen LogP) is 3.20. The number of nitrogens with one attached hydrogen (secondary N) is 1. The minimum atomic E-state index is -0.183. The maximum absolute atomic E-state index is 11.9. The topological polar surface area (TPSA) is 56.8 Å². The number of hydrogen-bond acceptors (Lipinski definition) is 4. The lowest BCUT2D eigenvalue weighted by atomic mass is 10.2. The van der Waals surface area contributed by atoms with Gasteiger partial charge in [-0.25, -0.2) is 0 Å². The van der Waals surface area contributed by atoms with Gasteiger partial charge in [0.15, 0.2) is 0 Å². The van der Waals surface area contributed by atoms with Crippen molar-refractivity contribution in [3.8, 4) is 5.75 Å². The Bertz CT molecular complexity index is 678. The van der Waals surface area contributed by atoms with Crippen LogP contribution in [0.25, 0.3) is 0 Å². The molecular formula is C19H22ClNO4. The van der Waals surface area contributed by atoms with Crippen LogP contribution in [0.15, 0.2) is 48.5 Å². The third kappa shape index (κ3) is 7.13. The number of carbonyl (C=O) groups is 1. The summed E-state index contributed by atoms with van der Waals surface area (Å²) in [6, 6.07) is 15.0. The molecule has 2 aromatic rings. The number of ether oxygens (including phenoxy) is 3. The molecule has 0 bridgehead atoms. The molecule has 5 nitrogen and oxygen atoms in total. The number of methoxy groups -OCH3 is 1. The van der Waals surface area contributed by atoms with Crippen LogP contribution in [0.2, 0.25) is 5.02 Å². The first-order valence-electron chi connectivity index (χ1n) is 7.97. The van der Waals surface area contributed by atoms with Crippen molar-refractivity contribution in [3.63, 3.8) is 0 Å². The van der Waals surface area contributed by atoms with E-state index in [9.17, 15) is 4.79 Å². The van der Waals surface area contributed by atoms with Crippen LogP contribution in [-0.2, 0) is 27.4 Å². The fraction of sp³-hybridized carbons (Fsp3) is 0.316. The number of benzene rings is 2. The molecule has 0 aliphatic rings. The van der Waals surface area contributed by atoms with Crippen molar-refractivity contribution in [2.45, 2.75) is 13.2 Å². The molecule has 1 N–H and O–H groups in total. The van der Waals surface area contributed by atoms with Gasteiger partial charge in [-0.2, -0.15) is 0 Å². The normalized spacial score (nSPS) is 10.5. The average molecular weight is 364 g/mol. The third-order valence-electron chi connectivity index (χ3n) is 3.39. The summed E-state index contributed by atoms with van der Waals surface area (Å²) in [5, 5.41) is 3.45. The smallest absolute Gasteiger partial charge is 0.246 e. The van der Waals surface area contributed by atoms with E-state index in [1.54, 1.807) is 13.2 Å². The minimum Gasteiger partial charge on any atom is -0.491 e. The van der Waals surface area contributed by atoms with E-state index in [1.807, 2.05) is 42.5 Å². The van der Waals surface area contributed by atoms with Gasteiger partial charge in [-0.15, -0.1) is 0 Å². The van der Waals surface area contributed by atoms with Gasteiger partial charge in [-0.3, -0.25) is 4.79 Å². The molecule has 1 amide bonds. The molecule has 0 aromatic heterocycles. The van der Waals surface area contributed by atoms with E-state index in [2.05, 4.69) is 5.32 Å². The van der Waals surface area contributed by atoms with Crippen molar-refractivity contribution >= 4 is 17.5 Å². The van der Waals surface area contributed by atoms with Crippen molar-refractivity contribution in [2.75, 3.05) is 26.9 Å². The van der Waals surface area contributed by atoms with Crippen LogP contribution >= 0.6 is 11.6 Å². The Morgan fingerprint density at radius 2 is 1.96 bits per heavy atom. The monoisotopic (exact) mass is 363 g/mol. The van der Waals surface area contributed by atoms with Gasteiger partial charge in [0.05, 0.1) is 13.2 Å². The molecule has 0 aliphatic carbocycles. The molecule has 0 heterocycles. The molecule has 0 saturated carbocycles. The second-order valence-corrected chi connectivity index (χ2v) is 5.76. The minimum absolute atomic E-state index is 0.0186. The standard InChI is InChI=1S/C19H22ClNO4/c1-23-9-10-25-17-7-4-5-15(11-17)12-21-19(22)14-24-13-16-6-2-3-8-18(16)20/h2-8,11H,9-10,12-14H2,1H3,(H,21,22). The maximum Gasteiger partial charge on any atom is 0.246 e. The van der Waals surface area contributed by atoms with Crippen molar-refractivity contribution < 1.29 is 19.0 Å². The Kier molecular flexibility index (Phi) is 8.25. The van der Waals surface area contributed by atoms with Crippen LogP contribution in [0.3, 0.4) is 0 Å². The highest BCUT2D eigenvalue weighted by molar-refractivity contribution is 6.31. The molecule has 0 aliphatic heterocycles. The summed E-state index contributed by atoms with van der Waals surface area (Å²) in [5.41, 5.74) is 1.81. The molecule has 0 spiro atoms. The Morgan fingerprint density at radius 3 is 2.76 bits per heavy atom. The second kappa shape index (κ2) is 10.7. The molecule has 0 atom stereocenters. The summed E-state index contributed by atoms with van der Waals surface area (Å²) in [4.78, 5) is 11.9. The van der Waals surface area contributed by atoms with Crippen LogP contribution in [0.4, 0.5) is 0 Å². The molecule has 0 saturated heterocycles. The molecule has 134 valence electrons. The SMILES string of the molecule is COCCOc1cccc(CNC(=O)COCc2ccccc2Cl)c1. The average Bonchev–Trinajstić information content (AvgIpc) is 2.62. The van der Waals surface area contributed by atoms with Crippen LogP contribution in [0.1, 0.15) is 11.1 Å².